The zero-order valence-corrected chi connectivity index (χ0v) is 18.6. The van der Waals surface area contributed by atoms with Crippen molar-refractivity contribution in [2.75, 3.05) is 12.4 Å². The lowest BCUT2D eigenvalue weighted by atomic mass is 9.92. The van der Waals surface area contributed by atoms with Crippen molar-refractivity contribution in [1.82, 2.24) is 15.0 Å². The van der Waals surface area contributed by atoms with Crippen molar-refractivity contribution in [3.05, 3.63) is 48.0 Å². The van der Waals surface area contributed by atoms with E-state index < -0.39 is 32.2 Å². The fourth-order valence-corrected chi connectivity index (χ4v) is 6.45. The van der Waals surface area contributed by atoms with Gasteiger partial charge in [0.25, 0.3) is 0 Å². The van der Waals surface area contributed by atoms with Crippen LogP contribution in [0.5, 0.6) is 5.88 Å². The minimum absolute atomic E-state index is 0.0587. The molecule has 0 saturated heterocycles. The largest absolute Gasteiger partial charge is 0.480 e. The summed E-state index contributed by atoms with van der Waals surface area (Å²) in [6.45, 7) is 1.31. The van der Waals surface area contributed by atoms with Crippen LogP contribution in [-0.2, 0) is 5.54 Å². The molecular formula is C21H22F2N6O3S. The van der Waals surface area contributed by atoms with E-state index in [1.165, 1.54) is 38.6 Å². The molecule has 3 heterocycles. The Bertz CT molecular complexity index is 1300. The number of aliphatic imine (C=N–C) groups is 1. The van der Waals surface area contributed by atoms with Crippen LogP contribution in [0.4, 0.5) is 20.3 Å². The van der Waals surface area contributed by atoms with Gasteiger partial charge in [-0.2, -0.15) is 0 Å². The first-order valence-electron chi connectivity index (χ1n) is 10.1. The number of amidine groups is 1. The number of halogens is 2. The summed E-state index contributed by atoms with van der Waals surface area (Å²) in [5.74, 6) is -0.128. The fraction of sp³-hybridized carbons (Fsp3) is 0.333. The van der Waals surface area contributed by atoms with Gasteiger partial charge in [0, 0.05) is 17.4 Å². The van der Waals surface area contributed by atoms with Gasteiger partial charge in [0.1, 0.15) is 27.5 Å². The van der Waals surface area contributed by atoms with E-state index in [0.717, 1.165) is 6.07 Å². The molecule has 3 aromatic rings. The molecular weight excluding hydrogens is 454 g/mol. The molecule has 12 heteroatoms. The van der Waals surface area contributed by atoms with Crippen LogP contribution in [0.3, 0.4) is 0 Å². The van der Waals surface area contributed by atoms with Crippen LogP contribution in [0, 0.1) is 5.82 Å². The minimum Gasteiger partial charge on any atom is -0.480 e. The molecule has 0 bridgehead atoms. The Morgan fingerprint density at radius 3 is 2.70 bits per heavy atom. The van der Waals surface area contributed by atoms with Gasteiger partial charge in [-0.15, -0.1) is 10.6 Å². The van der Waals surface area contributed by atoms with Crippen molar-refractivity contribution in [3.63, 3.8) is 0 Å². The summed E-state index contributed by atoms with van der Waals surface area (Å²) in [7, 11) is -2.33. The van der Waals surface area contributed by atoms with Crippen LogP contribution in [0.1, 0.15) is 25.3 Å². The van der Waals surface area contributed by atoms with Crippen molar-refractivity contribution in [3.8, 4) is 5.88 Å². The SMILES string of the molecule is COc1cnc2c(Nc3ccc(F)c([C@@]4(C)N=C(N)C5(CC5)S(O)(O)[C@H]4F)c3)nccc2n1. The van der Waals surface area contributed by atoms with Gasteiger partial charge in [-0.05, 0) is 44.0 Å². The summed E-state index contributed by atoms with van der Waals surface area (Å²) < 4.78 is 55.7. The number of hydrogen-bond donors (Lipinski definition) is 4. The lowest BCUT2D eigenvalue weighted by molar-refractivity contribution is 0.248. The number of methoxy groups -OCH3 is 1. The number of pyridine rings is 1. The van der Waals surface area contributed by atoms with E-state index >= 15 is 4.39 Å². The van der Waals surface area contributed by atoms with Crippen molar-refractivity contribution < 1.29 is 22.6 Å². The standard InChI is InChI=1S/C21H22F2N6O3S/c1-20(18(23)33(30,31)21(6-7-21)19(24)29-20)12-9-11(3-4-13(12)22)27-17-16-14(5-8-25-17)28-15(32-2)10-26-16/h3-5,8-10,18,30-31H,6-7H2,1-2H3,(H2,24,29)(H,25,27)/t18-,20-/m1/s1. The molecule has 1 fully saturated rings. The number of rotatable bonds is 4. The molecule has 2 aliphatic rings. The molecule has 5 N–H and O–H groups in total. The number of benzene rings is 1. The summed E-state index contributed by atoms with van der Waals surface area (Å²) in [6, 6.07) is 5.62. The first-order valence-corrected chi connectivity index (χ1v) is 11.7. The molecule has 0 radical (unpaired) electrons. The predicted molar refractivity (Wildman–Crippen MR) is 122 cm³/mol. The van der Waals surface area contributed by atoms with Gasteiger partial charge in [0.05, 0.1) is 18.8 Å². The molecule has 1 spiro atoms. The Hall–Kier alpha value is -3.09. The van der Waals surface area contributed by atoms with E-state index in [1.807, 2.05) is 0 Å². The maximum atomic E-state index is 15.6. The lowest BCUT2D eigenvalue weighted by Crippen LogP contribution is -2.52. The van der Waals surface area contributed by atoms with Crippen LogP contribution in [0.15, 0.2) is 41.7 Å². The summed E-state index contributed by atoms with van der Waals surface area (Å²) in [4.78, 5) is 17.1. The average Bonchev–Trinajstić information content (AvgIpc) is 3.61. The van der Waals surface area contributed by atoms with E-state index in [2.05, 4.69) is 25.3 Å². The highest BCUT2D eigenvalue weighted by molar-refractivity contribution is 8.26. The first-order chi connectivity index (χ1) is 15.6. The second-order valence-corrected chi connectivity index (χ2v) is 10.7. The number of anilines is 2. The molecule has 2 aromatic heterocycles. The number of aromatic nitrogens is 3. The average molecular weight is 477 g/mol. The molecule has 174 valence electrons. The van der Waals surface area contributed by atoms with Crippen LogP contribution in [0.2, 0.25) is 0 Å². The number of nitrogens with two attached hydrogens (primary N) is 1. The number of hydrogen-bond acceptors (Lipinski definition) is 9. The van der Waals surface area contributed by atoms with Gasteiger partial charge >= 0.3 is 0 Å². The number of ether oxygens (including phenoxy) is 1. The molecule has 5 rings (SSSR count). The summed E-state index contributed by atoms with van der Waals surface area (Å²) in [5, 5.41) is 3.04. The number of fused-ring (bicyclic) bond motifs is 1. The quantitative estimate of drug-likeness (QED) is 0.442. The lowest BCUT2D eigenvalue weighted by Gasteiger charge is -2.51. The third-order valence-corrected chi connectivity index (χ3v) is 9.05. The second-order valence-electron chi connectivity index (χ2n) is 8.31. The number of nitrogens with zero attached hydrogens (tertiary/aromatic N) is 4. The predicted octanol–water partition coefficient (Wildman–Crippen LogP) is 4.08. The van der Waals surface area contributed by atoms with Crippen LogP contribution < -0.4 is 15.8 Å². The van der Waals surface area contributed by atoms with Crippen LogP contribution >= 0.6 is 10.6 Å². The zero-order valence-electron chi connectivity index (χ0n) is 17.8. The van der Waals surface area contributed by atoms with Gasteiger partial charge in [-0.1, -0.05) is 0 Å². The van der Waals surface area contributed by atoms with E-state index in [9.17, 15) is 13.5 Å². The maximum absolute atomic E-state index is 15.6. The summed E-state index contributed by atoms with van der Waals surface area (Å²) in [6.07, 6.45) is 3.64. The molecule has 0 amide bonds. The molecule has 33 heavy (non-hydrogen) atoms. The fourth-order valence-electron chi connectivity index (χ4n) is 4.17. The van der Waals surface area contributed by atoms with Crippen LogP contribution in [-0.4, -0.2) is 47.3 Å². The molecule has 9 nitrogen and oxygen atoms in total. The molecule has 1 aromatic carbocycles. The monoisotopic (exact) mass is 476 g/mol. The van der Waals surface area contributed by atoms with Gasteiger partial charge in [0.15, 0.2) is 5.82 Å². The summed E-state index contributed by atoms with van der Waals surface area (Å²) >= 11 is 0. The van der Waals surface area contributed by atoms with Crippen LogP contribution in [0.25, 0.3) is 11.0 Å². The Labute approximate surface area is 189 Å². The Morgan fingerprint density at radius 1 is 1.24 bits per heavy atom. The molecule has 1 saturated carbocycles. The van der Waals surface area contributed by atoms with E-state index in [0.29, 0.717) is 41.3 Å². The zero-order chi connectivity index (χ0) is 23.6. The van der Waals surface area contributed by atoms with E-state index in [-0.39, 0.29) is 11.4 Å². The smallest absolute Gasteiger partial charge is 0.232 e. The van der Waals surface area contributed by atoms with Crippen molar-refractivity contribution in [1.29, 1.82) is 0 Å². The second kappa shape index (κ2) is 7.20. The molecule has 1 aliphatic heterocycles. The number of nitrogens with one attached hydrogen (secondary N) is 1. The maximum Gasteiger partial charge on any atom is 0.232 e. The highest BCUT2D eigenvalue weighted by Crippen LogP contribution is 2.73. The first kappa shape index (κ1) is 21.7. The third kappa shape index (κ3) is 3.12. The summed E-state index contributed by atoms with van der Waals surface area (Å²) in [5.41, 5.74) is 3.07. The molecule has 1 aliphatic carbocycles. The van der Waals surface area contributed by atoms with Crippen molar-refractivity contribution >= 4 is 39.0 Å². The van der Waals surface area contributed by atoms with Gasteiger partial charge < -0.3 is 15.8 Å². The van der Waals surface area contributed by atoms with Crippen molar-refractivity contribution in [2.24, 2.45) is 10.7 Å². The topological polar surface area (TPSA) is 139 Å². The molecule has 2 atom stereocenters. The van der Waals surface area contributed by atoms with E-state index in [1.54, 1.807) is 6.07 Å². The van der Waals surface area contributed by atoms with Gasteiger partial charge in [-0.25, -0.2) is 23.7 Å². The minimum atomic E-state index is -3.81. The van der Waals surface area contributed by atoms with Gasteiger partial charge in [0.2, 0.25) is 11.4 Å². The van der Waals surface area contributed by atoms with Crippen molar-refractivity contribution in [2.45, 2.75) is 35.6 Å². The Kier molecular flexibility index (Phi) is 4.75. The highest BCUT2D eigenvalue weighted by atomic mass is 32.3. The Morgan fingerprint density at radius 2 is 2.00 bits per heavy atom. The third-order valence-electron chi connectivity index (χ3n) is 6.25. The Balaban J connectivity index is 1.56. The number of alkyl halides is 1. The van der Waals surface area contributed by atoms with Gasteiger partial charge in [-0.3, -0.25) is 14.1 Å². The highest BCUT2D eigenvalue weighted by Gasteiger charge is 2.67. The van der Waals surface area contributed by atoms with E-state index in [4.69, 9.17) is 10.5 Å². The normalized spacial score (nSPS) is 26.0. The molecule has 0 unspecified atom stereocenters.